The highest BCUT2D eigenvalue weighted by Gasteiger charge is 2.18. The van der Waals surface area contributed by atoms with Crippen LogP contribution < -0.4 is 11.1 Å². The molecule has 8 heteroatoms. The molecule has 0 aliphatic carbocycles. The number of phenols is 1. The number of carbonyl (C=O) groups excluding carboxylic acids is 2. The minimum atomic E-state index is -0.846. The molecular formula is C33H39N5O3. The molecule has 0 radical (unpaired) electrons. The molecule has 0 spiro atoms. The number of hydrogen-bond donors (Lipinski definition) is 3. The molecule has 214 valence electrons. The molecule has 2 aromatic heterocycles. The third-order valence-electron chi connectivity index (χ3n) is 7.05. The van der Waals surface area contributed by atoms with E-state index in [9.17, 15) is 14.7 Å². The Balaban J connectivity index is 1.33. The smallest absolute Gasteiger partial charge is 0.243 e. The maximum Gasteiger partial charge on any atom is 0.243 e. The quantitative estimate of drug-likeness (QED) is 0.227. The van der Waals surface area contributed by atoms with E-state index < -0.39 is 11.9 Å². The second kappa shape index (κ2) is 13.4. The summed E-state index contributed by atoms with van der Waals surface area (Å²) in [4.78, 5) is 29.0. The predicted octanol–water partition coefficient (Wildman–Crippen LogP) is 4.92. The second-order valence-electron chi connectivity index (χ2n) is 11.5. The van der Waals surface area contributed by atoms with Crippen LogP contribution in [0.5, 0.6) is 5.75 Å². The first-order valence-corrected chi connectivity index (χ1v) is 14.0. The number of benzene rings is 2. The Bertz CT molecular complexity index is 1440. The van der Waals surface area contributed by atoms with Crippen LogP contribution in [0.25, 0.3) is 11.3 Å². The number of pyridine rings is 1. The monoisotopic (exact) mass is 553 g/mol. The Kier molecular flexibility index (Phi) is 9.68. The van der Waals surface area contributed by atoms with Gasteiger partial charge in [0, 0.05) is 30.1 Å². The van der Waals surface area contributed by atoms with Crippen LogP contribution in [0.3, 0.4) is 0 Å². The summed E-state index contributed by atoms with van der Waals surface area (Å²) in [5, 5.41) is 16.7. The van der Waals surface area contributed by atoms with Gasteiger partial charge in [0.1, 0.15) is 5.75 Å². The highest BCUT2D eigenvalue weighted by Crippen LogP contribution is 2.24. The Hall–Kier alpha value is -4.30. The number of hydrogen-bond acceptors (Lipinski definition) is 6. The fourth-order valence-electron chi connectivity index (χ4n) is 4.59. The molecule has 4 rings (SSSR count). The molecule has 8 nitrogen and oxygen atoms in total. The molecule has 0 fully saturated rings. The number of nitrogens with one attached hydrogen (secondary N) is 1. The van der Waals surface area contributed by atoms with Gasteiger partial charge in [-0.05, 0) is 78.1 Å². The lowest BCUT2D eigenvalue weighted by molar-refractivity contribution is -0.131. The highest BCUT2D eigenvalue weighted by atomic mass is 16.3. The topological polar surface area (TPSA) is 123 Å². The number of carbonyl (C=O) groups is 2. The fraction of sp³-hybridized carbons (Fsp3) is 0.333. The van der Waals surface area contributed by atoms with Gasteiger partial charge >= 0.3 is 0 Å². The van der Waals surface area contributed by atoms with Gasteiger partial charge in [0.2, 0.25) is 11.8 Å². The number of aryl methyl sites for hydroxylation is 1. The van der Waals surface area contributed by atoms with Crippen molar-refractivity contribution in [3.63, 3.8) is 0 Å². The molecule has 0 aliphatic heterocycles. The fourth-order valence-corrected chi connectivity index (χ4v) is 4.59. The van der Waals surface area contributed by atoms with Crippen molar-refractivity contribution < 1.29 is 14.7 Å². The number of nitrogens with zero attached hydrogens (tertiary/aromatic N) is 3. The average Bonchev–Trinajstić information content (AvgIpc) is 3.35. The van der Waals surface area contributed by atoms with Crippen molar-refractivity contribution in [1.82, 2.24) is 20.1 Å². The Morgan fingerprint density at radius 1 is 1.00 bits per heavy atom. The van der Waals surface area contributed by atoms with Crippen LogP contribution in [0.1, 0.15) is 62.4 Å². The molecule has 0 bridgehead atoms. The number of phenolic OH excluding ortho intramolecular Hbond substituents is 1. The molecule has 2 heterocycles. The normalized spacial score (nSPS) is 12.2. The van der Waals surface area contributed by atoms with E-state index in [4.69, 9.17) is 10.8 Å². The molecule has 1 unspecified atom stereocenters. The van der Waals surface area contributed by atoms with E-state index in [-0.39, 0.29) is 29.9 Å². The van der Waals surface area contributed by atoms with E-state index >= 15 is 0 Å². The minimum absolute atomic E-state index is 0.0948. The standard InChI is InChI=1S/C33H39N5O3/c1-33(2,3)26-14-10-24(11-15-26)22-38-27(20-30(37-38)25-7-6-18-35-21-25)8-4-5-9-31(40)36-32(41)29(34)19-23-12-16-28(39)17-13-23/h6-7,10-18,20-21,29,39H,4-5,8-9,19,22,34H2,1-3H3,(H,36,40,41). The first-order chi connectivity index (χ1) is 19.6. The van der Waals surface area contributed by atoms with Crippen LogP contribution in [0.15, 0.2) is 79.1 Å². The van der Waals surface area contributed by atoms with Gasteiger partial charge < -0.3 is 10.8 Å². The zero-order valence-electron chi connectivity index (χ0n) is 24.0. The summed E-state index contributed by atoms with van der Waals surface area (Å²) < 4.78 is 2.03. The maximum atomic E-state index is 12.4. The number of aromatic hydroxyl groups is 1. The van der Waals surface area contributed by atoms with E-state index in [2.05, 4.69) is 61.4 Å². The number of rotatable bonds is 11. The van der Waals surface area contributed by atoms with E-state index in [1.807, 2.05) is 23.0 Å². The lowest BCUT2D eigenvalue weighted by Crippen LogP contribution is -2.44. The van der Waals surface area contributed by atoms with Crippen LogP contribution in [-0.4, -0.2) is 37.7 Å². The summed E-state index contributed by atoms with van der Waals surface area (Å²) in [6.07, 6.45) is 6.20. The first kappa shape index (κ1) is 29.7. The van der Waals surface area contributed by atoms with Gasteiger partial charge in [-0.3, -0.25) is 24.6 Å². The molecule has 41 heavy (non-hydrogen) atoms. The summed E-state index contributed by atoms with van der Waals surface area (Å²) in [6.45, 7) is 7.26. The third-order valence-corrected chi connectivity index (χ3v) is 7.05. The zero-order valence-corrected chi connectivity index (χ0v) is 24.0. The molecule has 1 atom stereocenters. The highest BCUT2D eigenvalue weighted by molar-refractivity contribution is 5.97. The number of imide groups is 1. The predicted molar refractivity (Wildman–Crippen MR) is 160 cm³/mol. The summed E-state index contributed by atoms with van der Waals surface area (Å²) in [5.74, 6) is -0.688. The maximum absolute atomic E-state index is 12.4. The molecule has 2 aromatic carbocycles. The van der Waals surface area contributed by atoms with Gasteiger partial charge in [0.25, 0.3) is 0 Å². The van der Waals surface area contributed by atoms with Crippen molar-refractivity contribution in [2.24, 2.45) is 5.73 Å². The Labute approximate surface area is 241 Å². The summed E-state index contributed by atoms with van der Waals surface area (Å²) in [6, 6.07) is 20.3. The first-order valence-electron chi connectivity index (χ1n) is 14.0. The molecule has 0 saturated carbocycles. The van der Waals surface area contributed by atoms with Crippen LogP contribution in [0.2, 0.25) is 0 Å². The molecule has 2 amide bonds. The second-order valence-corrected chi connectivity index (χ2v) is 11.5. The molecular weight excluding hydrogens is 514 g/mol. The van der Waals surface area contributed by atoms with Crippen molar-refractivity contribution in [3.8, 4) is 17.0 Å². The van der Waals surface area contributed by atoms with Gasteiger partial charge in [-0.15, -0.1) is 0 Å². The van der Waals surface area contributed by atoms with Crippen LogP contribution in [0.4, 0.5) is 0 Å². The minimum Gasteiger partial charge on any atom is -0.508 e. The van der Waals surface area contributed by atoms with Gasteiger partial charge in [0.05, 0.1) is 18.3 Å². The lowest BCUT2D eigenvalue weighted by atomic mass is 9.87. The van der Waals surface area contributed by atoms with Crippen molar-refractivity contribution >= 4 is 11.8 Å². The van der Waals surface area contributed by atoms with Gasteiger partial charge in [-0.2, -0.15) is 5.10 Å². The summed E-state index contributed by atoms with van der Waals surface area (Å²) >= 11 is 0. The van der Waals surface area contributed by atoms with Crippen molar-refractivity contribution in [1.29, 1.82) is 0 Å². The largest absolute Gasteiger partial charge is 0.508 e. The van der Waals surface area contributed by atoms with Crippen LogP contribution in [-0.2, 0) is 34.4 Å². The van der Waals surface area contributed by atoms with E-state index in [1.165, 1.54) is 11.1 Å². The average molecular weight is 554 g/mol. The molecule has 0 aliphatic rings. The van der Waals surface area contributed by atoms with Gasteiger partial charge in [-0.25, -0.2) is 0 Å². The number of nitrogens with two attached hydrogens (primary N) is 1. The molecule has 4 aromatic rings. The molecule has 4 N–H and O–H groups in total. The summed E-state index contributed by atoms with van der Waals surface area (Å²) in [5.41, 5.74) is 12.2. The summed E-state index contributed by atoms with van der Waals surface area (Å²) in [7, 11) is 0. The Morgan fingerprint density at radius 3 is 2.37 bits per heavy atom. The van der Waals surface area contributed by atoms with Crippen molar-refractivity contribution in [2.75, 3.05) is 0 Å². The number of unbranched alkanes of at least 4 members (excludes halogenated alkanes) is 1. The van der Waals surface area contributed by atoms with Crippen molar-refractivity contribution in [3.05, 3.63) is 102 Å². The third kappa shape index (κ3) is 8.59. The van der Waals surface area contributed by atoms with Gasteiger partial charge in [0.15, 0.2) is 0 Å². The zero-order chi connectivity index (χ0) is 29.4. The number of amides is 2. The van der Waals surface area contributed by atoms with Crippen LogP contribution >= 0.6 is 0 Å². The molecule has 0 saturated heterocycles. The van der Waals surface area contributed by atoms with E-state index in [0.29, 0.717) is 13.0 Å². The van der Waals surface area contributed by atoms with Crippen molar-refractivity contribution in [2.45, 2.75) is 70.9 Å². The Morgan fingerprint density at radius 2 is 1.71 bits per heavy atom. The number of aromatic nitrogens is 3. The van der Waals surface area contributed by atoms with E-state index in [0.717, 1.165) is 35.4 Å². The van der Waals surface area contributed by atoms with Gasteiger partial charge in [-0.1, -0.05) is 57.2 Å². The van der Waals surface area contributed by atoms with Crippen LogP contribution in [0, 0.1) is 0 Å². The SMILES string of the molecule is CC(C)(C)c1ccc(Cn2nc(-c3cccnc3)cc2CCCCC(=O)NC(=O)C(N)Cc2ccc(O)cc2)cc1. The van der Waals surface area contributed by atoms with E-state index in [1.54, 1.807) is 30.5 Å². The lowest BCUT2D eigenvalue weighted by Gasteiger charge is -2.19.